The number of imide groups is 1. The van der Waals surface area contributed by atoms with Crippen LogP contribution >= 0.6 is 0 Å². The van der Waals surface area contributed by atoms with Gasteiger partial charge in [0.25, 0.3) is 5.91 Å². The molecule has 4 N–H and O–H groups in total. The molecule has 0 aromatic heterocycles. The third-order valence-electron chi connectivity index (χ3n) is 4.99. The summed E-state index contributed by atoms with van der Waals surface area (Å²) in [6.45, 7) is 4.53. The average molecular weight is 426 g/mol. The Morgan fingerprint density at radius 1 is 1.14 bits per heavy atom. The van der Waals surface area contributed by atoms with Gasteiger partial charge >= 0.3 is 12.0 Å². The summed E-state index contributed by atoms with van der Waals surface area (Å²) >= 11 is 0. The highest BCUT2D eigenvalue weighted by Crippen LogP contribution is 2.21. The molecule has 0 aliphatic heterocycles. The summed E-state index contributed by atoms with van der Waals surface area (Å²) in [4.78, 5) is 36.3. The summed E-state index contributed by atoms with van der Waals surface area (Å²) < 4.78 is 28.5. The molecular formula is C19H27N3O6S. The lowest BCUT2D eigenvalue weighted by Gasteiger charge is -2.23. The molecule has 29 heavy (non-hydrogen) atoms. The first kappa shape index (κ1) is 22.8. The number of rotatable bonds is 5. The fraction of sp³-hybridized carbons (Fsp3) is 0.526. The van der Waals surface area contributed by atoms with E-state index in [0.717, 1.165) is 38.2 Å². The van der Waals surface area contributed by atoms with E-state index in [1.807, 2.05) is 0 Å². The van der Waals surface area contributed by atoms with Crippen LogP contribution in [0.4, 0.5) is 4.79 Å². The van der Waals surface area contributed by atoms with Gasteiger partial charge in [0, 0.05) is 6.04 Å². The van der Waals surface area contributed by atoms with E-state index in [2.05, 4.69) is 10.6 Å². The number of carbonyl (C=O) groups is 3. The van der Waals surface area contributed by atoms with Crippen LogP contribution in [0.25, 0.3) is 0 Å². The second-order valence-electron chi connectivity index (χ2n) is 7.31. The lowest BCUT2D eigenvalue weighted by Crippen LogP contribution is -2.48. The molecule has 0 spiro atoms. The van der Waals surface area contributed by atoms with Gasteiger partial charge in [0.2, 0.25) is 10.0 Å². The number of hydrogen-bond donors (Lipinski definition) is 3. The largest absolute Gasteiger partial charge is 0.449 e. The molecule has 160 valence electrons. The van der Waals surface area contributed by atoms with Crippen molar-refractivity contribution in [2.24, 2.45) is 5.14 Å². The molecule has 1 unspecified atom stereocenters. The number of carbonyl (C=O) groups excluding carboxylic acids is 3. The zero-order valence-electron chi connectivity index (χ0n) is 16.8. The maximum absolute atomic E-state index is 12.4. The summed E-state index contributed by atoms with van der Waals surface area (Å²) in [5, 5.41) is 10.1. The number of hydrogen-bond acceptors (Lipinski definition) is 6. The first-order chi connectivity index (χ1) is 13.5. The predicted octanol–water partition coefficient (Wildman–Crippen LogP) is 1.65. The van der Waals surface area contributed by atoms with Gasteiger partial charge in [-0.3, -0.25) is 10.1 Å². The smallest absolute Gasteiger partial charge is 0.338 e. The Bertz CT molecular complexity index is 907. The maximum Gasteiger partial charge on any atom is 0.338 e. The number of aryl methyl sites for hydroxylation is 1. The molecule has 1 aromatic rings. The van der Waals surface area contributed by atoms with Crippen LogP contribution in [0, 0.1) is 13.8 Å². The topological polar surface area (TPSA) is 145 Å². The van der Waals surface area contributed by atoms with E-state index >= 15 is 0 Å². The van der Waals surface area contributed by atoms with E-state index in [1.54, 1.807) is 13.8 Å². The van der Waals surface area contributed by atoms with Crippen LogP contribution < -0.4 is 15.8 Å². The van der Waals surface area contributed by atoms with Crippen molar-refractivity contribution in [3.05, 3.63) is 28.8 Å². The van der Waals surface area contributed by atoms with Gasteiger partial charge in [-0.2, -0.15) is 0 Å². The second kappa shape index (κ2) is 9.36. The quantitative estimate of drug-likeness (QED) is 0.612. The van der Waals surface area contributed by atoms with Crippen LogP contribution in [0.15, 0.2) is 17.0 Å². The van der Waals surface area contributed by atoms with E-state index in [4.69, 9.17) is 9.88 Å². The number of benzene rings is 1. The van der Waals surface area contributed by atoms with E-state index < -0.39 is 34.0 Å². The molecule has 1 aliphatic carbocycles. The van der Waals surface area contributed by atoms with Crippen LogP contribution in [-0.4, -0.2) is 38.5 Å². The molecule has 10 heteroatoms. The molecule has 0 saturated heterocycles. The zero-order valence-corrected chi connectivity index (χ0v) is 17.6. The summed E-state index contributed by atoms with van der Waals surface area (Å²) in [5.41, 5.74) is 0.907. The standard InChI is InChI=1S/C19H27N3O6S/c1-11-9-14(10-16(12(11)2)29(20,26)27)18(24)28-13(3)17(23)22-19(25)21-15-7-5-4-6-8-15/h9-10,13,15H,4-8H2,1-3H3,(H2,20,26,27)(H2,21,22,23,25). The number of sulfonamides is 1. The first-order valence-electron chi connectivity index (χ1n) is 9.45. The van der Waals surface area contributed by atoms with Crippen molar-refractivity contribution in [3.63, 3.8) is 0 Å². The van der Waals surface area contributed by atoms with Crippen molar-refractivity contribution in [2.75, 3.05) is 0 Å². The van der Waals surface area contributed by atoms with Crippen molar-refractivity contribution >= 4 is 27.9 Å². The minimum atomic E-state index is -4.03. The molecule has 1 fully saturated rings. The highest BCUT2D eigenvalue weighted by atomic mass is 32.2. The van der Waals surface area contributed by atoms with E-state index in [1.165, 1.54) is 13.0 Å². The summed E-state index contributed by atoms with van der Waals surface area (Å²) in [6.07, 6.45) is 3.68. The molecule has 1 aliphatic rings. The highest BCUT2D eigenvalue weighted by molar-refractivity contribution is 7.89. The van der Waals surface area contributed by atoms with Gasteiger partial charge < -0.3 is 10.1 Å². The zero-order chi connectivity index (χ0) is 21.8. The Labute approximate surface area is 170 Å². The van der Waals surface area contributed by atoms with Crippen LogP contribution in [0.5, 0.6) is 0 Å². The SMILES string of the molecule is Cc1cc(C(=O)OC(C)C(=O)NC(=O)NC2CCCCC2)cc(S(N)(=O)=O)c1C. The Morgan fingerprint density at radius 3 is 2.34 bits per heavy atom. The van der Waals surface area contributed by atoms with Crippen molar-refractivity contribution in [3.8, 4) is 0 Å². The first-order valence-corrected chi connectivity index (χ1v) is 11.0. The molecule has 2 rings (SSSR count). The number of ether oxygens (including phenoxy) is 1. The highest BCUT2D eigenvalue weighted by Gasteiger charge is 2.24. The number of primary sulfonamides is 1. The van der Waals surface area contributed by atoms with Gasteiger partial charge in [-0.25, -0.2) is 23.1 Å². The summed E-state index contributed by atoms with van der Waals surface area (Å²) in [5.74, 6) is -1.67. The van der Waals surface area contributed by atoms with Crippen molar-refractivity contribution in [1.82, 2.24) is 10.6 Å². The monoisotopic (exact) mass is 425 g/mol. The van der Waals surface area contributed by atoms with Crippen molar-refractivity contribution in [2.45, 2.75) is 69.9 Å². The normalized spacial score (nSPS) is 16.0. The minimum absolute atomic E-state index is 0.0292. The van der Waals surface area contributed by atoms with E-state index in [9.17, 15) is 22.8 Å². The lowest BCUT2D eigenvalue weighted by atomic mass is 9.96. The number of nitrogens with two attached hydrogens (primary N) is 1. The van der Waals surface area contributed by atoms with Crippen LogP contribution in [-0.2, 0) is 19.6 Å². The molecule has 1 atom stereocenters. The van der Waals surface area contributed by atoms with Gasteiger partial charge in [0.1, 0.15) is 0 Å². The molecule has 3 amide bonds. The van der Waals surface area contributed by atoms with Crippen molar-refractivity contribution < 1.29 is 27.5 Å². The Balaban J connectivity index is 2.00. The minimum Gasteiger partial charge on any atom is -0.449 e. The van der Waals surface area contributed by atoms with Crippen LogP contribution in [0.1, 0.15) is 60.5 Å². The third-order valence-corrected chi connectivity index (χ3v) is 6.03. The Hall–Kier alpha value is -2.46. The van der Waals surface area contributed by atoms with E-state index in [0.29, 0.717) is 11.1 Å². The molecule has 0 radical (unpaired) electrons. The number of nitrogens with one attached hydrogen (secondary N) is 2. The van der Waals surface area contributed by atoms with Gasteiger partial charge in [0.15, 0.2) is 6.10 Å². The number of urea groups is 1. The Morgan fingerprint density at radius 2 is 1.76 bits per heavy atom. The van der Waals surface area contributed by atoms with Gasteiger partial charge in [-0.15, -0.1) is 0 Å². The molecule has 0 bridgehead atoms. The van der Waals surface area contributed by atoms with Gasteiger partial charge in [0.05, 0.1) is 10.5 Å². The summed E-state index contributed by atoms with van der Waals surface area (Å²) in [7, 11) is -4.03. The average Bonchev–Trinajstić information content (AvgIpc) is 2.63. The second-order valence-corrected chi connectivity index (χ2v) is 8.84. The fourth-order valence-electron chi connectivity index (χ4n) is 3.20. The number of amides is 3. The molecule has 1 saturated carbocycles. The predicted molar refractivity (Wildman–Crippen MR) is 106 cm³/mol. The molecule has 1 aromatic carbocycles. The molecule has 9 nitrogen and oxygen atoms in total. The summed E-state index contributed by atoms with van der Waals surface area (Å²) in [6, 6.07) is 1.96. The molecular weight excluding hydrogens is 398 g/mol. The van der Waals surface area contributed by atoms with Crippen LogP contribution in [0.2, 0.25) is 0 Å². The number of esters is 1. The van der Waals surface area contributed by atoms with Crippen molar-refractivity contribution in [1.29, 1.82) is 0 Å². The van der Waals surface area contributed by atoms with Gasteiger partial charge in [-0.1, -0.05) is 19.3 Å². The molecule has 0 heterocycles. The Kier molecular flexibility index (Phi) is 7.37. The van der Waals surface area contributed by atoms with E-state index in [-0.39, 0.29) is 16.5 Å². The lowest BCUT2D eigenvalue weighted by molar-refractivity contribution is -0.127. The van der Waals surface area contributed by atoms with Crippen LogP contribution in [0.3, 0.4) is 0 Å². The maximum atomic E-state index is 12.4. The fourth-order valence-corrected chi connectivity index (χ4v) is 4.08. The van der Waals surface area contributed by atoms with Gasteiger partial charge in [-0.05, 0) is 56.9 Å². The third kappa shape index (κ3) is 6.26.